The van der Waals surface area contributed by atoms with Crippen LogP contribution in [0.5, 0.6) is 5.75 Å². The Kier molecular flexibility index (Phi) is 8.73. The minimum atomic E-state index is -0.539. The average Bonchev–Trinajstić information content (AvgIpc) is 2.70. The molecule has 6 nitrogen and oxygen atoms in total. The zero-order valence-corrected chi connectivity index (χ0v) is 18.3. The molecule has 1 N–H and O–H groups in total. The molecule has 6 heteroatoms. The van der Waals surface area contributed by atoms with E-state index in [1.54, 1.807) is 0 Å². The molecule has 1 fully saturated rings. The summed E-state index contributed by atoms with van der Waals surface area (Å²) in [5.41, 5.74) is 0.169. The smallest absolute Gasteiger partial charge is 0.412 e. The SMILES string of the molecule is CC.CC(C)(C)OC(=O)Nc1ccc(OCCN2CCOCC2)c2ccccc12. The van der Waals surface area contributed by atoms with Gasteiger partial charge in [0.15, 0.2) is 0 Å². The zero-order chi connectivity index (χ0) is 21.3. The predicted octanol–water partition coefficient (Wildman–Crippen LogP) is 4.92. The number of morpholine rings is 1. The third-order valence-corrected chi connectivity index (χ3v) is 4.29. The summed E-state index contributed by atoms with van der Waals surface area (Å²) in [6.07, 6.45) is -0.464. The van der Waals surface area contributed by atoms with Gasteiger partial charge in [0, 0.05) is 30.4 Å². The molecule has 1 heterocycles. The van der Waals surface area contributed by atoms with Crippen molar-refractivity contribution in [3.05, 3.63) is 36.4 Å². The van der Waals surface area contributed by atoms with Crippen LogP contribution in [0.1, 0.15) is 34.6 Å². The largest absolute Gasteiger partial charge is 0.492 e. The lowest BCUT2D eigenvalue weighted by molar-refractivity contribution is 0.0323. The molecule has 0 spiro atoms. The zero-order valence-electron chi connectivity index (χ0n) is 18.3. The third-order valence-electron chi connectivity index (χ3n) is 4.29. The molecule has 0 atom stereocenters. The van der Waals surface area contributed by atoms with Gasteiger partial charge in [0.25, 0.3) is 0 Å². The van der Waals surface area contributed by atoms with Crippen LogP contribution in [0.15, 0.2) is 36.4 Å². The van der Waals surface area contributed by atoms with Crippen molar-refractivity contribution in [2.24, 2.45) is 0 Å². The number of nitrogens with zero attached hydrogens (tertiary/aromatic N) is 1. The van der Waals surface area contributed by atoms with Crippen molar-refractivity contribution >= 4 is 22.6 Å². The fourth-order valence-corrected chi connectivity index (χ4v) is 3.03. The van der Waals surface area contributed by atoms with Gasteiger partial charge in [-0.1, -0.05) is 38.1 Å². The number of amides is 1. The van der Waals surface area contributed by atoms with Gasteiger partial charge in [-0.2, -0.15) is 0 Å². The summed E-state index contributed by atoms with van der Waals surface area (Å²) in [6.45, 7) is 14.5. The van der Waals surface area contributed by atoms with Crippen LogP contribution >= 0.6 is 0 Å². The normalized spacial score (nSPS) is 14.7. The van der Waals surface area contributed by atoms with Gasteiger partial charge in [0.1, 0.15) is 18.0 Å². The number of carbonyl (C=O) groups is 1. The Morgan fingerprint density at radius 3 is 2.38 bits per heavy atom. The molecule has 0 unspecified atom stereocenters. The van der Waals surface area contributed by atoms with Gasteiger partial charge in [-0.3, -0.25) is 10.2 Å². The summed E-state index contributed by atoms with van der Waals surface area (Å²) >= 11 is 0. The number of ether oxygens (including phenoxy) is 3. The average molecular weight is 403 g/mol. The van der Waals surface area contributed by atoms with Crippen molar-refractivity contribution in [2.75, 3.05) is 44.8 Å². The van der Waals surface area contributed by atoms with E-state index >= 15 is 0 Å². The number of anilines is 1. The number of hydrogen-bond donors (Lipinski definition) is 1. The number of rotatable bonds is 5. The van der Waals surface area contributed by atoms with Crippen LogP contribution in [-0.4, -0.2) is 56.0 Å². The van der Waals surface area contributed by atoms with E-state index in [0.29, 0.717) is 12.3 Å². The molecule has 160 valence electrons. The molecule has 2 aromatic rings. The molecule has 0 aliphatic carbocycles. The summed E-state index contributed by atoms with van der Waals surface area (Å²) in [7, 11) is 0. The molecular weight excluding hydrogens is 368 g/mol. The van der Waals surface area contributed by atoms with Crippen LogP contribution in [0.3, 0.4) is 0 Å². The Labute approximate surface area is 174 Å². The molecule has 0 aromatic heterocycles. The van der Waals surface area contributed by atoms with E-state index in [-0.39, 0.29) is 0 Å². The lowest BCUT2D eigenvalue weighted by atomic mass is 10.1. The van der Waals surface area contributed by atoms with Crippen molar-refractivity contribution < 1.29 is 19.0 Å². The van der Waals surface area contributed by atoms with Crippen molar-refractivity contribution in [3.63, 3.8) is 0 Å². The Morgan fingerprint density at radius 2 is 1.72 bits per heavy atom. The Morgan fingerprint density at radius 1 is 1.07 bits per heavy atom. The highest BCUT2D eigenvalue weighted by Crippen LogP contribution is 2.32. The molecule has 2 aromatic carbocycles. The maximum atomic E-state index is 12.1. The Balaban J connectivity index is 0.00000145. The number of carbonyl (C=O) groups excluding carboxylic acids is 1. The quantitative estimate of drug-likeness (QED) is 0.769. The first-order valence-electron chi connectivity index (χ1n) is 10.4. The molecule has 0 bridgehead atoms. The highest BCUT2D eigenvalue weighted by molar-refractivity contribution is 6.02. The lowest BCUT2D eigenvalue weighted by Gasteiger charge is -2.26. The summed E-state index contributed by atoms with van der Waals surface area (Å²) < 4.78 is 16.8. The summed E-state index contributed by atoms with van der Waals surface area (Å²) in [5.74, 6) is 0.814. The summed E-state index contributed by atoms with van der Waals surface area (Å²) in [6, 6.07) is 11.6. The van der Waals surface area contributed by atoms with E-state index in [1.807, 2.05) is 71.0 Å². The molecule has 0 saturated carbocycles. The number of nitrogens with one attached hydrogen (secondary N) is 1. The fraction of sp³-hybridized carbons (Fsp3) is 0.522. The van der Waals surface area contributed by atoms with Gasteiger partial charge in [0.2, 0.25) is 0 Å². The van der Waals surface area contributed by atoms with E-state index in [0.717, 1.165) is 49.4 Å². The lowest BCUT2D eigenvalue weighted by Crippen LogP contribution is -2.38. The van der Waals surface area contributed by atoms with E-state index < -0.39 is 11.7 Å². The molecule has 1 aliphatic heterocycles. The molecule has 29 heavy (non-hydrogen) atoms. The van der Waals surface area contributed by atoms with Crippen LogP contribution in [0, 0.1) is 0 Å². The van der Waals surface area contributed by atoms with Gasteiger partial charge in [-0.05, 0) is 32.9 Å². The van der Waals surface area contributed by atoms with Gasteiger partial charge < -0.3 is 14.2 Å². The minimum absolute atomic E-state index is 0.464. The number of benzene rings is 2. The predicted molar refractivity (Wildman–Crippen MR) is 118 cm³/mol. The maximum Gasteiger partial charge on any atom is 0.412 e. The topological polar surface area (TPSA) is 60.0 Å². The highest BCUT2D eigenvalue weighted by atomic mass is 16.6. The van der Waals surface area contributed by atoms with Gasteiger partial charge in [-0.15, -0.1) is 0 Å². The molecule has 0 radical (unpaired) electrons. The maximum absolute atomic E-state index is 12.1. The summed E-state index contributed by atoms with van der Waals surface area (Å²) in [5, 5.41) is 4.73. The first-order chi connectivity index (χ1) is 13.9. The molecule has 1 saturated heterocycles. The van der Waals surface area contributed by atoms with Crippen LogP contribution in [-0.2, 0) is 9.47 Å². The van der Waals surface area contributed by atoms with Crippen molar-refractivity contribution in [2.45, 2.75) is 40.2 Å². The van der Waals surface area contributed by atoms with E-state index in [9.17, 15) is 4.79 Å². The van der Waals surface area contributed by atoms with Crippen molar-refractivity contribution in [3.8, 4) is 5.75 Å². The first kappa shape index (κ1) is 23.0. The minimum Gasteiger partial charge on any atom is -0.492 e. The van der Waals surface area contributed by atoms with E-state index in [4.69, 9.17) is 14.2 Å². The second kappa shape index (κ2) is 11.0. The standard InChI is InChI=1S/C21H28N2O4.C2H6/c1-21(2,3)27-20(24)22-18-8-9-19(17-7-5-4-6-16(17)18)26-15-12-23-10-13-25-14-11-23;1-2/h4-9H,10-15H2,1-3H3,(H,22,24);1-2H3. The van der Waals surface area contributed by atoms with Gasteiger partial charge >= 0.3 is 6.09 Å². The van der Waals surface area contributed by atoms with E-state index in [2.05, 4.69) is 10.2 Å². The second-order valence-electron chi connectivity index (χ2n) is 7.59. The molecular formula is C23H34N2O4. The summed E-state index contributed by atoms with van der Waals surface area (Å²) in [4.78, 5) is 14.5. The first-order valence-corrected chi connectivity index (χ1v) is 10.4. The second-order valence-corrected chi connectivity index (χ2v) is 7.59. The van der Waals surface area contributed by atoms with Crippen LogP contribution in [0.4, 0.5) is 10.5 Å². The van der Waals surface area contributed by atoms with Crippen LogP contribution in [0.25, 0.3) is 10.8 Å². The fourth-order valence-electron chi connectivity index (χ4n) is 3.03. The number of fused-ring (bicyclic) bond motifs is 1. The molecule has 3 rings (SSSR count). The third kappa shape index (κ3) is 7.22. The Bertz CT molecular complexity index is 780. The molecule has 1 amide bonds. The van der Waals surface area contributed by atoms with Crippen molar-refractivity contribution in [1.82, 2.24) is 4.90 Å². The number of hydrogen-bond acceptors (Lipinski definition) is 5. The Hall–Kier alpha value is -2.31. The monoisotopic (exact) mass is 402 g/mol. The van der Waals surface area contributed by atoms with Crippen LogP contribution in [0.2, 0.25) is 0 Å². The highest BCUT2D eigenvalue weighted by Gasteiger charge is 2.17. The van der Waals surface area contributed by atoms with Gasteiger partial charge in [0.05, 0.1) is 18.9 Å². The van der Waals surface area contributed by atoms with E-state index in [1.165, 1.54) is 0 Å². The van der Waals surface area contributed by atoms with Crippen molar-refractivity contribution in [1.29, 1.82) is 0 Å². The molecule has 1 aliphatic rings. The van der Waals surface area contributed by atoms with Crippen LogP contribution < -0.4 is 10.1 Å². The van der Waals surface area contributed by atoms with Gasteiger partial charge in [-0.25, -0.2) is 4.79 Å².